The lowest BCUT2D eigenvalue weighted by atomic mass is 10.1. The van der Waals surface area contributed by atoms with Crippen molar-refractivity contribution in [3.05, 3.63) is 78.1 Å². The van der Waals surface area contributed by atoms with Gasteiger partial charge in [-0.15, -0.1) is 0 Å². The predicted octanol–water partition coefficient (Wildman–Crippen LogP) is 5.62. The van der Waals surface area contributed by atoms with Gasteiger partial charge in [0.2, 0.25) is 0 Å². The summed E-state index contributed by atoms with van der Waals surface area (Å²) in [5, 5.41) is 3.45. The Morgan fingerprint density at radius 2 is 1.77 bits per heavy atom. The Kier molecular flexibility index (Phi) is 7.73. The fourth-order valence-corrected chi connectivity index (χ4v) is 5.08. The fourth-order valence-electron chi connectivity index (χ4n) is 3.15. The Balaban J connectivity index is 1.76. The normalized spacial score (nSPS) is 11.9. The molecular formula is C23H18F4N4O2S2. The van der Waals surface area contributed by atoms with Crippen LogP contribution in [-0.4, -0.2) is 34.4 Å². The molecule has 182 valence electrons. The van der Waals surface area contributed by atoms with Crippen molar-refractivity contribution in [1.29, 1.82) is 0 Å². The second-order valence-electron chi connectivity index (χ2n) is 7.08. The van der Waals surface area contributed by atoms with Gasteiger partial charge in [-0.2, -0.15) is 0 Å². The van der Waals surface area contributed by atoms with Crippen molar-refractivity contribution in [3.63, 3.8) is 0 Å². The van der Waals surface area contributed by atoms with Crippen molar-refractivity contribution >= 4 is 33.1 Å². The minimum Gasteiger partial charge on any atom is -0.383 e. The summed E-state index contributed by atoms with van der Waals surface area (Å²) < 4.78 is 78.0. The number of anilines is 2. The molecule has 2 aromatic heterocycles. The third-order valence-corrected chi connectivity index (χ3v) is 6.96. The molecule has 0 amide bonds. The van der Waals surface area contributed by atoms with Crippen LogP contribution < -0.4 is 10.0 Å². The molecule has 2 aromatic carbocycles. The van der Waals surface area contributed by atoms with Gasteiger partial charge in [0.25, 0.3) is 0 Å². The lowest BCUT2D eigenvalue weighted by Gasteiger charge is -2.12. The largest absolute Gasteiger partial charge is 0.383 e. The van der Waals surface area contributed by atoms with E-state index >= 15 is 4.39 Å². The molecule has 1 atom stereocenters. The van der Waals surface area contributed by atoms with Crippen LogP contribution in [0.4, 0.5) is 28.4 Å². The monoisotopic (exact) mass is 522 g/mol. The van der Waals surface area contributed by atoms with Gasteiger partial charge in [0.15, 0.2) is 21.9 Å². The summed E-state index contributed by atoms with van der Waals surface area (Å²) in [6.45, 7) is 0.814. The average Bonchev–Trinajstić information content (AvgIpc) is 3.27. The highest BCUT2D eigenvalue weighted by Gasteiger charge is 2.24. The smallest absolute Gasteiger partial charge is 0.183 e. The van der Waals surface area contributed by atoms with Crippen LogP contribution in [0.15, 0.2) is 59.8 Å². The number of rotatable bonds is 9. The summed E-state index contributed by atoms with van der Waals surface area (Å²) in [6.07, 6.45) is 3.08. The number of halogens is 4. The van der Waals surface area contributed by atoms with Crippen LogP contribution in [0.5, 0.6) is 0 Å². The maximum absolute atomic E-state index is 15.6. The van der Waals surface area contributed by atoms with Gasteiger partial charge in [0, 0.05) is 26.0 Å². The van der Waals surface area contributed by atoms with Gasteiger partial charge >= 0.3 is 0 Å². The van der Waals surface area contributed by atoms with Crippen LogP contribution in [0.2, 0.25) is 0 Å². The Morgan fingerprint density at radius 1 is 1.03 bits per heavy atom. The van der Waals surface area contributed by atoms with Crippen molar-refractivity contribution in [2.45, 2.75) is 4.90 Å². The number of nitrogens with zero attached hydrogens (tertiary/aromatic N) is 2. The molecule has 2 N–H and O–H groups in total. The Bertz CT molecular complexity index is 1370. The highest BCUT2D eigenvalue weighted by atomic mass is 32.2. The Labute approximate surface area is 204 Å². The zero-order valence-electron chi connectivity index (χ0n) is 18.1. The lowest BCUT2D eigenvalue weighted by Crippen LogP contribution is -2.10. The minimum atomic E-state index is -2.36. The number of hydrogen-bond donors (Lipinski definition) is 2. The molecule has 0 fully saturated rings. The second kappa shape index (κ2) is 10.9. The molecule has 0 bridgehead atoms. The summed E-state index contributed by atoms with van der Waals surface area (Å²) in [5.41, 5.74) is -0.183. The van der Waals surface area contributed by atoms with E-state index in [1.807, 2.05) is 0 Å². The van der Waals surface area contributed by atoms with E-state index in [9.17, 15) is 17.4 Å². The molecule has 0 saturated heterocycles. The summed E-state index contributed by atoms with van der Waals surface area (Å²) >= 11 is 1.18. The van der Waals surface area contributed by atoms with Gasteiger partial charge < -0.3 is 10.1 Å². The molecule has 4 rings (SSSR count). The highest BCUT2D eigenvalue weighted by molar-refractivity contribution is 7.86. The quantitative estimate of drug-likeness (QED) is 0.220. The van der Waals surface area contributed by atoms with E-state index in [0.29, 0.717) is 28.7 Å². The molecule has 0 saturated carbocycles. The Hall–Kier alpha value is -3.35. The third kappa shape index (κ3) is 5.50. The van der Waals surface area contributed by atoms with Gasteiger partial charge in [-0.3, -0.25) is 9.71 Å². The summed E-state index contributed by atoms with van der Waals surface area (Å²) in [6, 6.07) is 7.78. The fraction of sp³-hybridized carbons (Fsp3) is 0.130. The van der Waals surface area contributed by atoms with Gasteiger partial charge in [0.05, 0.1) is 33.3 Å². The molecule has 0 aliphatic carbocycles. The minimum absolute atomic E-state index is 0.0162. The Morgan fingerprint density at radius 3 is 2.51 bits per heavy atom. The van der Waals surface area contributed by atoms with E-state index in [-0.39, 0.29) is 11.4 Å². The molecular weight excluding hydrogens is 504 g/mol. The topological polar surface area (TPSA) is 76.1 Å². The van der Waals surface area contributed by atoms with Gasteiger partial charge in [-0.05, 0) is 48.0 Å². The molecule has 6 nitrogen and oxygen atoms in total. The predicted molar refractivity (Wildman–Crippen MR) is 127 cm³/mol. The molecule has 0 aliphatic heterocycles. The number of thiazole rings is 1. The van der Waals surface area contributed by atoms with Crippen molar-refractivity contribution in [1.82, 2.24) is 9.97 Å². The van der Waals surface area contributed by atoms with Crippen LogP contribution in [0.3, 0.4) is 0 Å². The molecule has 0 radical (unpaired) electrons. The zero-order valence-corrected chi connectivity index (χ0v) is 19.8. The van der Waals surface area contributed by atoms with Crippen LogP contribution in [-0.2, 0) is 15.7 Å². The number of methoxy groups -OCH3 is 1. The number of benzene rings is 2. The number of pyridine rings is 1. The SMILES string of the molecule is COCCNc1nc(-c2c(F)ccc(NS(=O)c3cc(F)ccc3F)c2F)c(-c2ccncc2)s1. The van der Waals surface area contributed by atoms with E-state index in [1.165, 1.54) is 23.7 Å². The number of hydrogen-bond acceptors (Lipinski definition) is 6. The molecule has 0 spiro atoms. The van der Waals surface area contributed by atoms with Gasteiger partial charge in [-0.25, -0.2) is 26.8 Å². The molecule has 4 aromatic rings. The molecule has 0 aliphatic rings. The van der Waals surface area contributed by atoms with E-state index in [4.69, 9.17) is 4.74 Å². The summed E-state index contributed by atoms with van der Waals surface area (Å²) in [7, 11) is -0.817. The number of aromatic nitrogens is 2. The highest BCUT2D eigenvalue weighted by Crippen LogP contribution is 2.42. The van der Waals surface area contributed by atoms with E-state index in [0.717, 1.165) is 30.3 Å². The first-order valence-corrected chi connectivity index (χ1v) is 12.1. The molecule has 2 heterocycles. The maximum Gasteiger partial charge on any atom is 0.183 e. The number of nitrogens with one attached hydrogen (secondary N) is 2. The average molecular weight is 523 g/mol. The molecule has 35 heavy (non-hydrogen) atoms. The van der Waals surface area contributed by atoms with Crippen molar-refractivity contribution in [3.8, 4) is 21.7 Å². The van der Waals surface area contributed by atoms with E-state index in [1.54, 1.807) is 19.2 Å². The molecule has 12 heteroatoms. The maximum atomic E-state index is 15.6. The first kappa shape index (κ1) is 24.8. The summed E-state index contributed by atoms with van der Waals surface area (Å²) in [5.74, 6) is -3.74. The van der Waals surface area contributed by atoms with Crippen molar-refractivity contribution < 1.29 is 26.5 Å². The van der Waals surface area contributed by atoms with Gasteiger partial charge in [0.1, 0.15) is 17.5 Å². The van der Waals surface area contributed by atoms with Crippen molar-refractivity contribution in [2.24, 2.45) is 0 Å². The second-order valence-corrected chi connectivity index (χ2v) is 9.26. The van der Waals surface area contributed by atoms with Crippen LogP contribution in [0.25, 0.3) is 21.7 Å². The van der Waals surface area contributed by atoms with Crippen LogP contribution in [0, 0.1) is 23.3 Å². The van der Waals surface area contributed by atoms with Gasteiger partial charge in [-0.1, -0.05) is 11.3 Å². The van der Waals surface area contributed by atoms with Crippen LogP contribution in [0.1, 0.15) is 0 Å². The number of ether oxygens (including phenoxy) is 1. The first-order valence-electron chi connectivity index (χ1n) is 10.1. The van der Waals surface area contributed by atoms with Crippen LogP contribution >= 0.6 is 11.3 Å². The zero-order chi connectivity index (χ0) is 24.9. The van der Waals surface area contributed by atoms with E-state index < -0.39 is 44.7 Å². The summed E-state index contributed by atoms with van der Waals surface area (Å²) in [4.78, 5) is 8.32. The molecule has 1 unspecified atom stereocenters. The van der Waals surface area contributed by atoms with E-state index in [2.05, 4.69) is 20.0 Å². The third-order valence-electron chi connectivity index (χ3n) is 4.78. The standard InChI is InChI=1S/C23H18F4N4O2S2/c1-33-11-10-29-23-30-21(22(34-23)13-6-8-28-9-7-13)19-16(26)4-5-17(20(19)27)31-35(32)18-12-14(24)2-3-15(18)25/h2-9,12,31H,10-11H2,1H3,(H,29,30). The lowest BCUT2D eigenvalue weighted by molar-refractivity contribution is 0.211. The first-order chi connectivity index (χ1) is 16.9. The van der Waals surface area contributed by atoms with Crippen molar-refractivity contribution in [2.75, 3.05) is 30.3 Å².